The number of urea groups is 1. The molecule has 1 aliphatic heterocycles. The summed E-state index contributed by atoms with van der Waals surface area (Å²) in [7, 11) is 0. The highest BCUT2D eigenvalue weighted by atomic mass is 32.1. The van der Waals surface area contributed by atoms with E-state index >= 15 is 0 Å². The Labute approximate surface area is 157 Å². The van der Waals surface area contributed by atoms with E-state index in [2.05, 4.69) is 15.6 Å². The molecule has 5 rings (SSSR count). The average Bonchev–Trinajstić information content (AvgIpc) is 3.39. The minimum Gasteiger partial charge on any atom is -0.454 e. The summed E-state index contributed by atoms with van der Waals surface area (Å²) in [6.07, 6.45) is 0. The minimum atomic E-state index is -0.389. The molecule has 27 heavy (non-hydrogen) atoms. The van der Waals surface area contributed by atoms with Crippen LogP contribution >= 0.6 is 11.3 Å². The molecule has 0 aliphatic carbocycles. The molecule has 134 valence electrons. The van der Waals surface area contributed by atoms with Crippen LogP contribution in [0, 0.1) is 0 Å². The van der Waals surface area contributed by atoms with Crippen molar-refractivity contribution in [3.8, 4) is 23.0 Å². The van der Waals surface area contributed by atoms with Crippen molar-refractivity contribution in [1.82, 2.24) is 4.98 Å². The van der Waals surface area contributed by atoms with Crippen LogP contribution in [0.5, 0.6) is 11.5 Å². The van der Waals surface area contributed by atoms with E-state index in [9.17, 15) is 4.79 Å². The molecule has 1 aliphatic rings. The molecular weight excluding hydrogens is 366 g/mol. The van der Waals surface area contributed by atoms with Gasteiger partial charge in [-0.1, -0.05) is 18.2 Å². The van der Waals surface area contributed by atoms with Gasteiger partial charge in [0, 0.05) is 22.5 Å². The number of benzene rings is 2. The standard InChI is InChI=1S/C19H13N3O4S/c23-18(20-12-5-6-15-17(8-12)25-10-24-15)22-19-21-13(9-27-19)16-7-11-3-1-2-4-14(11)26-16/h1-9H,10H2,(H2,20,21,22,23). The molecule has 0 saturated heterocycles. The fourth-order valence-electron chi connectivity index (χ4n) is 2.79. The third kappa shape index (κ3) is 3.06. The number of hydrogen-bond donors (Lipinski definition) is 2. The largest absolute Gasteiger partial charge is 0.454 e. The summed E-state index contributed by atoms with van der Waals surface area (Å²) in [5.74, 6) is 1.93. The van der Waals surface area contributed by atoms with Crippen molar-refractivity contribution in [3.05, 3.63) is 53.9 Å². The van der Waals surface area contributed by atoms with Crippen LogP contribution in [-0.4, -0.2) is 17.8 Å². The molecule has 0 fully saturated rings. The van der Waals surface area contributed by atoms with E-state index in [4.69, 9.17) is 13.9 Å². The number of anilines is 2. The van der Waals surface area contributed by atoms with E-state index in [-0.39, 0.29) is 12.8 Å². The molecule has 0 unspecified atom stereocenters. The van der Waals surface area contributed by atoms with E-state index in [1.54, 1.807) is 18.2 Å². The first kappa shape index (κ1) is 15.7. The van der Waals surface area contributed by atoms with Gasteiger partial charge < -0.3 is 19.2 Å². The fraction of sp³-hybridized carbons (Fsp3) is 0.0526. The molecule has 2 amide bonds. The molecule has 2 aromatic heterocycles. The molecule has 3 heterocycles. The molecule has 0 bridgehead atoms. The Morgan fingerprint density at radius 3 is 2.85 bits per heavy atom. The highest BCUT2D eigenvalue weighted by Gasteiger charge is 2.15. The summed E-state index contributed by atoms with van der Waals surface area (Å²) >= 11 is 1.33. The van der Waals surface area contributed by atoms with Crippen molar-refractivity contribution in [2.45, 2.75) is 0 Å². The van der Waals surface area contributed by atoms with Crippen LogP contribution in [0.25, 0.3) is 22.4 Å². The fourth-order valence-corrected chi connectivity index (χ4v) is 3.48. The number of carbonyl (C=O) groups is 1. The highest BCUT2D eigenvalue weighted by molar-refractivity contribution is 7.14. The SMILES string of the molecule is O=C(Nc1ccc2c(c1)OCO2)Nc1nc(-c2cc3ccccc3o2)cs1. The number of furan rings is 1. The number of carbonyl (C=O) groups excluding carboxylic acids is 1. The van der Waals surface area contributed by atoms with E-state index in [0.717, 1.165) is 11.0 Å². The molecule has 8 heteroatoms. The van der Waals surface area contributed by atoms with Crippen molar-refractivity contribution < 1.29 is 18.7 Å². The number of para-hydroxylation sites is 1. The second-order valence-corrected chi connectivity index (χ2v) is 6.69. The van der Waals surface area contributed by atoms with Crippen molar-refractivity contribution in [1.29, 1.82) is 0 Å². The van der Waals surface area contributed by atoms with Gasteiger partial charge in [-0.25, -0.2) is 9.78 Å². The predicted molar refractivity (Wildman–Crippen MR) is 103 cm³/mol. The number of hydrogen-bond acceptors (Lipinski definition) is 6. The summed E-state index contributed by atoms with van der Waals surface area (Å²) in [6, 6.07) is 14.5. The first-order valence-corrected chi connectivity index (χ1v) is 9.05. The predicted octanol–water partition coefficient (Wildman–Crippen LogP) is 4.93. The Kier molecular flexibility index (Phi) is 3.68. The zero-order valence-electron chi connectivity index (χ0n) is 13.9. The first-order valence-electron chi connectivity index (χ1n) is 8.17. The number of aromatic nitrogens is 1. The molecule has 2 N–H and O–H groups in total. The lowest BCUT2D eigenvalue weighted by Crippen LogP contribution is -2.19. The Morgan fingerprint density at radius 1 is 1.04 bits per heavy atom. The van der Waals surface area contributed by atoms with Gasteiger partial charge in [-0.3, -0.25) is 5.32 Å². The molecule has 7 nitrogen and oxygen atoms in total. The van der Waals surface area contributed by atoms with Gasteiger partial charge in [0.25, 0.3) is 0 Å². The smallest absolute Gasteiger partial charge is 0.325 e. The first-order chi connectivity index (χ1) is 13.2. The number of nitrogens with one attached hydrogen (secondary N) is 2. The van der Waals surface area contributed by atoms with Gasteiger partial charge in [-0.05, 0) is 24.3 Å². The van der Waals surface area contributed by atoms with Crippen molar-refractivity contribution in [2.75, 3.05) is 17.4 Å². The molecule has 2 aromatic carbocycles. The normalized spacial score (nSPS) is 12.3. The van der Waals surface area contributed by atoms with E-state index < -0.39 is 0 Å². The number of amides is 2. The summed E-state index contributed by atoms with van der Waals surface area (Å²) in [6.45, 7) is 0.189. The summed E-state index contributed by atoms with van der Waals surface area (Å²) in [5, 5.41) is 8.80. The van der Waals surface area contributed by atoms with Gasteiger partial charge in [-0.15, -0.1) is 11.3 Å². The van der Waals surface area contributed by atoms with E-state index in [1.165, 1.54) is 11.3 Å². The lowest BCUT2D eigenvalue weighted by molar-refractivity contribution is 0.174. The molecule has 4 aromatic rings. The lowest BCUT2D eigenvalue weighted by atomic mass is 10.2. The summed E-state index contributed by atoms with van der Waals surface area (Å²) in [4.78, 5) is 16.6. The van der Waals surface area contributed by atoms with E-state index in [1.807, 2.05) is 35.7 Å². The Morgan fingerprint density at radius 2 is 1.93 bits per heavy atom. The van der Waals surface area contributed by atoms with Gasteiger partial charge in [-0.2, -0.15) is 0 Å². The second-order valence-electron chi connectivity index (χ2n) is 5.83. The van der Waals surface area contributed by atoms with E-state index in [0.29, 0.717) is 33.8 Å². The van der Waals surface area contributed by atoms with Gasteiger partial charge in [0.1, 0.15) is 11.3 Å². The van der Waals surface area contributed by atoms with Gasteiger partial charge in [0.15, 0.2) is 22.4 Å². The minimum absolute atomic E-state index is 0.189. The second kappa shape index (κ2) is 6.33. The number of rotatable bonds is 3. The average molecular weight is 379 g/mol. The zero-order chi connectivity index (χ0) is 18.2. The molecule has 0 saturated carbocycles. The van der Waals surface area contributed by atoms with Crippen LogP contribution in [0.15, 0.2) is 58.3 Å². The van der Waals surface area contributed by atoms with Crippen LogP contribution in [0.1, 0.15) is 0 Å². The Bertz CT molecular complexity index is 1120. The summed E-state index contributed by atoms with van der Waals surface area (Å²) < 4.78 is 16.4. The lowest BCUT2D eigenvalue weighted by Gasteiger charge is -2.06. The van der Waals surface area contributed by atoms with Crippen LogP contribution in [0.3, 0.4) is 0 Å². The monoisotopic (exact) mass is 379 g/mol. The molecule has 0 atom stereocenters. The molecule has 0 radical (unpaired) electrons. The van der Waals surface area contributed by atoms with Crippen molar-refractivity contribution >= 4 is 39.2 Å². The zero-order valence-corrected chi connectivity index (χ0v) is 14.7. The quantitative estimate of drug-likeness (QED) is 0.527. The Hall–Kier alpha value is -3.52. The maximum absolute atomic E-state index is 12.2. The topological polar surface area (TPSA) is 85.6 Å². The van der Waals surface area contributed by atoms with Gasteiger partial charge >= 0.3 is 6.03 Å². The van der Waals surface area contributed by atoms with Crippen LogP contribution in [-0.2, 0) is 0 Å². The van der Waals surface area contributed by atoms with Crippen LogP contribution in [0.2, 0.25) is 0 Å². The van der Waals surface area contributed by atoms with Crippen LogP contribution in [0.4, 0.5) is 15.6 Å². The third-order valence-electron chi connectivity index (χ3n) is 4.03. The van der Waals surface area contributed by atoms with Crippen LogP contribution < -0.4 is 20.1 Å². The Balaban J connectivity index is 1.29. The van der Waals surface area contributed by atoms with Gasteiger partial charge in [0.2, 0.25) is 6.79 Å². The number of ether oxygens (including phenoxy) is 2. The third-order valence-corrected chi connectivity index (χ3v) is 4.79. The van der Waals surface area contributed by atoms with Crippen molar-refractivity contribution in [3.63, 3.8) is 0 Å². The number of thiazole rings is 1. The summed E-state index contributed by atoms with van der Waals surface area (Å²) in [5.41, 5.74) is 2.08. The molecular formula is C19H13N3O4S. The maximum Gasteiger partial charge on any atom is 0.325 e. The van der Waals surface area contributed by atoms with Crippen molar-refractivity contribution in [2.24, 2.45) is 0 Å². The highest BCUT2D eigenvalue weighted by Crippen LogP contribution is 2.34. The maximum atomic E-state index is 12.2. The van der Waals surface area contributed by atoms with Gasteiger partial charge in [0.05, 0.1) is 0 Å². The molecule has 0 spiro atoms. The number of nitrogens with zero attached hydrogens (tertiary/aromatic N) is 1. The number of fused-ring (bicyclic) bond motifs is 2.